The fourth-order valence-corrected chi connectivity index (χ4v) is 6.82. The van der Waals surface area contributed by atoms with Crippen LogP contribution in [0.3, 0.4) is 0 Å². The van der Waals surface area contributed by atoms with E-state index in [1.807, 2.05) is 32.0 Å². The first kappa shape index (κ1) is 31.3. The number of rotatable bonds is 11. The number of anilines is 3. The molecule has 2 N–H and O–H groups in total. The summed E-state index contributed by atoms with van der Waals surface area (Å²) < 4.78 is 62.6. The molecule has 0 unspecified atom stereocenters. The lowest BCUT2D eigenvalue weighted by Crippen LogP contribution is -2.38. The largest absolute Gasteiger partial charge is 0.457 e. The molecule has 5 rings (SSSR count). The van der Waals surface area contributed by atoms with Gasteiger partial charge in [-0.05, 0) is 98.8 Å². The smallest absolute Gasteiger partial charge is 0.264 e. The zero-order valence-corrected chi connectivity index (χ0v) is 26.2. The third kappa shape index (κ3) is 7.88. The molecule has 0 spiro atoms. The Morgan fingerprint density at radius 1 is 0.622 bits per heavy atom. The van der Waals surface area contributed by atoms with Gasteiger partial charge >= 0.3 is 0 Å². The Balaban J connectivity index is 1.34. The third-order valence-corrected chi connectivity index (χ3v) is 9.94. The predicted molar refractivity (Wildman–Crippen MR) is 176 cm³/mol. The molecule has 0 saturated carbocycles. The molecule has 0 saturated heterocycles. The van der Waals surface area contributed by atoms with Gasteiger partial charge in [0.05, 0.1) is 15.5 Å². The Morgan fingerprint density at radius 2 is 1.13 bits per heavy atom. The van der Waals surface area contributed by atoms with E-state index in [1.54, 1.807) is 72.8 Å². The van der Waals surface area contributed by atoms with Gasteiger partial charge in [0.1, 0.15) is 18.0 Å². The monoisotopic (exact) mass is 641 g/mol. The van der Waals surface area contributed by atoms with Crippen LogP contribution in [0, 0.1) is 13.8 Å². The van der Waals surface area contributed by atoms with Gasteiger partial charge in [0, 0.05) is 11.4 Å². The molecule has 230 valence electrons. The van der Waals surface area contributed by atoms with Crippen LogP contribution in [0.15, 0.2) is 137 Å². The molecule has 0 aliphatic carbocycles. The van der Waals surface area contributed by atoms with Crippen molar-refractivity contribution in [2.45, 2.75) is 23.6 Å². The van der Waals surface area contributed by atoms with Crippen LogP contribution >= 0.6 is 0 Å². The van der Waals surface area contributed by atoms with Crippen LogP contribution < -0.4 is 19.1 Å². The average molecular weight is 642 g/mol. The summed E-state index contributed by atoms with van der Waals surface area (Å²) >= 11 is 0. The highest BCUT2D eigenvalue weighted by Gasteiger charge is 2.27. The van der Waals surface area contributed by atoms with Gasteiger partial charge in [0.2, 0.25) is 5.91 Å². The number of carbonyl (C=O) groups excluding carboxylic acids is 1. The standard InChI is InChI=1S/C34H31N3O6S2/c1-25-8-12-28(13-9-25)36-44(39,40)32-22-14-27(15-23-32)35-34(38)24-37(45(41,42)33-20-10-26(2)11-21-33)29-16-18-31(19-17-29)43-30-6-4-3-5-7-30/h3-23,36H,24H2,1-2H3,(H,35,38). The minimum atomic E-state index is -4.14. The van der Waals surface area contributed by atoms with Crippen LogP contribution in [0.5, 0.6) is 11.5 Å². The van der Waals surface area contributed by atoms with Crippen molar-refractivity contribution in [3.8, 4) is 11.5 Å². The van der Waals surface area contributed by atoms with Gasteiger partial charge in [0.25, 0.3) is 20.0 Å². The number of ether oxygens (including phenoxy) is 1. The summed E-state index contributed by atoms with van der Waals surface area (Å²) in [5, 5.41) is 2.67. The van der Waals surface area contributed by atoms with Gasteiger partial charge in [-0.15, -0.1) is 0 Å². The van der Waals surface area contributed by atoms with Crippen LogP contribution in [0.4, 0.5) is 17.1 Å². The maximum atomic E-state index is 13.8. The molecule has 5 aromatic rings. The lowest BCUT2D eigenvalue weighted by molar-refractivity contribution is -0.114. The molecule has 9 nitrogen and oxygen atoms in total. The molecular weight excluding hydrogens is 611 g/mol. The minimum absolute atomic E-state index is 0.00228. The molecular formula is C34H31N3O6S2. The second-order valence-corrected chi connectivity index (χ2v) is 13.8. The fourth-order valence-electron chi connectivity index (χ4n) is 4.34. The molecule has 0 aliphatic heterocycles. The second kappa shape index (κ2) is 13.2. The van der Waals surface area contributed by atoms with Crippen molar-refractivity contribution in [1.82, 2.24) is 0 Å². The first-order valence-electron chi connectivity index (χ1n) is 13.9. The van der Waals surface area contributed by atoms with Gasteiger partial charge in [-0.1, -0.05) is 53.6 Å². The summed E-state index contributed by atoms with van der Waals surface area (Å²) in [7, 11) is -8.01. The van der Waals surface area contributed by atoms with Crippen molar-refractivity contribution in [3.63, 3.8) is 0 Å². The Hall–Kier alpha value is -5.13. The van der Waals surface area contributed by atoms with E-state index in [4.69, 9.17) is 4.74 Å². The van der Waals surface area contributed by atoms with Gasteiger partial charge in [-0.25, -0.2) is 16.8 Å². The maximum Gasteiger partial charge on any atom is 0.264 e. The van der Waals surface area contributed by atoms with Crippen LogP contribution in [-0.2, 0) is 24.8 Å². The van der Waals surface area contributed by atoms with Gasteiger partial charge < -0.3 is 10.1 Å². The zero-order chi connectivity index (χ0) is 32.0. The first-order chi connectivity index (χ1) is 21.5. The van der Waals surface area contributed by atoms with Crippen molar-refractivity contribution in [2.75, 3.05) is 20.9 Å². The number of hydrogen-bond acceptors (Lipinski definition) is 6. The van der Waals surface area contributed by atoms with Crippen molar-refractivity contribution in [1.29, 1.82) is 0 Å². The van der Waals surface area contributed by atoms with Crippen LogP contribution in [0.1, 0.15) is 11.1 Å². The molecule has 0 aromatic heterocycles. The van der Waals surface area contributed by atoms with E-state index < -0.39 is 32.5 Å². The highest BCUT2D eigenvalue weighted by Crippen LogP contribution is 2.28. The second-order valence-electron chi connectivity index (χ2n) is 10.3. The Bertz CT molecular complexity index is 1980. The highest BCUT2D eigenvalue weighted by atomic mass is 32.2. The number of nitrogens with one attached hydrogen (secondary N) is 2. The third-order valence-electron chi connectivity index (χ3n) is 6.75. The van der Waals surface area contributed by atoms with E-state index in [0.29, 0.717) is 22.9 Å². The fraction of sp³-hybridized carbons (Fsp3) is 0.0882. The van der Waals surface area contributed by atoms with E-state index in [0.717, 1.165) is 15.4 Å². The zero-order valence-electron chi connectivity index (χ0n) is 24.5. The number of amides is 1. The van der Waals surface area contributed by atoms with Gasteiger partial charge in [0.15, 0.2) is 0 Å². The SMILES string of the molecule is Cc1ccc(NS(=O)(=O)c2ccc(NC(=O)CN(c3ccc(Oc4ccccc4)cc3)S(=O)(=O)c3ccc(C)cc3)cc2)cc1. The predicted octanol–water partition coefficient (Wildman–Crippen LogP) is 6.73. The highest BCUT2D eigenvalue weighted by molar-refractivity contribution is 7.93. The van der Waals surface area contributed by atoms with Gasteiger partial charge in [-0.2, -0.15) is 0 Å². The number of nitrogens with zero attached hydrogens (tertiary/aromatic N) is 1. The molecule has 0 aliphatic rings. The van der Waals surface area contributed by atoms with E-state index in [-0.39, 0.29) is 15.5 Å². The van der Waals surface area contributed by atoms with E-state index in [9.17, 15) is 21.6 Å². The Morgan fingerprint density at radius 3 is 1.73 bits per heavy atom. The van der Waals surface area contributed by atoms with Crippen LogP contribution in [-0.4, -0.2) is 29.3 Å². The van der Waals surface area contributed by atoms with E-state index in [1.165, 1.54) is 36.4 Å². The molecule has 11 heteroatoms. The minimum Gasteiger partial charge on any atom is -0.457 e. The summed E-state index contributed by atoms with van der Waals surface area (Å²) in [4.78, 5) is 13.2. The maximum absolute atomic E-state index is 13.8. The Kier molecular flexibility index (Phi) is 9.21. The van der Waals surface area contributed by atoms with Crippen LogP contribution in [0.25, 0.3) is 0 Å². The quantitative estimate of drug-likeness (QED) is 0.165. The van der Waals surface area contributed by atoms with Crippen molar-refractivity contribution < 1.29 is 26.4 Å². The van der Waals surface area contributed by atoms with Crippen LogP contribution in [0.2, 0.25) is 0 Å². The molecule has 5 aromatic carbocycles. The van der Waals surface area contributed by atoms with E-state index >= 15 is 0 Å². The Labute approximate surface area is 263 Å². The number of para-hydroxylation sites is 1. The van der Waals surface area contributed by atoms with Crippen molar-refractivity contribution in [2.24, 2.45) is 0 Å². The lowest BCUT2D eigenvalue weighted by atomic mass is 10.2. The average Bonchev–Trinajstić information content (AvgIpc) is 3.02. The summed E-state index contributed by atoms with van der Waals surface area (Å²) in [5.74, 6) is 0.496. The lowest BCUT2D eigenvalue weighted by Gasteiger charge is -2.24. The number of carbonyl (C=O) groups is 1. The van der Waals surface area contributed by atoms with Crippen molar-refractivity contribution >= 4 is 43.0 Å². The molecule has 0 atom stereocenters. The normalized spacial score (nSPS) is 11.4. The molecule has 0 radical (unpaired) electrons. The number of sulfonamides is 2. The topological polar surface area (TPSA) is 122 Å². The molecule has 1 amide bonds. The number of aryl methyl sites for hydroxylation is 2. The first-order valence-corrected chi connectivity index (χ1v) is 16.8. The summed E-state index contributed by atoms with van der Waals surface area (Å²) in [6.45, 7) is 3.21. The van der Waals surface area contributed by atoms with Gasteiger partial charge in [-0.3, -0.25) is 13.8 Å². The number of benzene rings is 5. The molecule has 45 heavy (non-hydrogen) atoms. The van der Waals surface area contributed by atoms with E-state index in [2.05, 4.69) is 10.0 Å². The molecule has 0 fully saturated rings. The summed E-state index contributed by atoms with van der Waals surface area (Å²) in [5.41, 5.74) is 2.87. The number of hydrogen-bond donors (Lipinski definition) is 2. The molecule has 0 heterocycles. The summed E-state index contributed by atoms with van der Waals surface area (Å²) in [6, 6.07) is 34.4. The molecule has 0 bridgehead atoms. The summed E-state index contributed by atoms with van der Waals surface area (Å²) in [6.07, 6.45) is 0. The van der Waals surface area contributed by atoms with Crippen molar-refractivity contribution in [3.05, 3.63) is 139 Å².